The smallest absolute Gasteiger partial charge is 0.0798 e. The van der Waals surface area contributed by atoms with Crippen molar-refractivity contribution in [3.63, 3.8) is 0 Å². The molecular formula is C28H40N+. The van der Waals surface area contributed by atoms with Crippen molar-refractivity contribution in [2.24, 2.45) is 0 Å². The minimum Gasteiger partial charge on any atom is -0.324 e. The summed E-state index contributed by atoms with van der Waals surface area (Å²) >= 11 is 0. The van der Waals surface area contributed by atoms with E-state index < -0.39 is 0 Å². The van der Waals surface area contributed by atoms with Crippen LogP contribution in [0.25, 0.3) is 0 Å². The molecule has 2 saturated heterocycles. The van der Waals surface area contributed by atoms with Gasteiger partial charge in [-0.3, -0.25) is 0 Å². The van der Waals surface area contributed by atoms with Crippen molar-refractivity contribution in [3.05, 3.63) is 68.8 Å². The van der Waals surface area contributed by atoms with Gasteiger partial charge in [-0.2, -0.15) is 0 Å². The van der Waals surface area contributed by atoms with Crippen LogP contribution in [0.2, 0.25) is 0 Å². The molecule has 2 aliphatic rings. The van der Waals surface area contributed by atoms with Crippen LogP contribution in [0.5, 0.6) is 0 Å². The van der Waals surface area contributed by atoms with Gasteiger partial charge in [0.15, 0.2) is 0 Å². The van der Waals surface area contributed by atoms with Gasteiger partial charge >= 0.3 is 0 Å². The van der Waals surface area contributed by atoms with E-state index in [0.717, 1.165) is 0 Å². The molecule has 0 aliphatic carbocycles. The SMILES string of the molecule is Cc1cc(C2(c3cc(C)c(C)c(C)c3)CC[N+]3(CCCCC3)CC2)cc(C)c1C. The topological polar surface area (TPSA) is 0 Å². The van der Waals surface area contributed by atoms with Crippen molar-refractivity contribution in [2.45, 2.75) is 79.1 Å². The average molecular weight is 391 g/mol. The molecule has 156 valence electrons. The second-order valence-electron chi connectivity index (χ2n) is 10.3. The van der Waals surface area contributed by atoms with Gasteiger partial charge in [-0.25, -0.2) is 0 Å². The zero-order valence-electron chi connectivity index (χ0n) is 19.6. The minimum atomic E-state index is 0.174. The number of hydrogen-bond donors (Lipinski definition) is 0. The third-order valence-corrected chi connectivity index (χ3v) is 8.75. The number of rotatable bonds is 2. The van der Waals surface area contributed by atoms with E-state index in [1.165, 1.54) is 96.1 Å². The van der Waals surface area contributed by atoms with Crippen LogP contribution in [0.15, 0.2) is 24.3 Å². The summed E-state index contributed by atoms with van der Waals surface area (Å²) < 4.78 is 1.38. The zero-order valence-corrected chi connectivity index (χ0v) is 19.6. The van der Waals surface area contributed by atoms with Crippen LogP contribution in [-0.4, -0.2) is 30.7 Å². The fourth-order valence-corrected chi connectivity index (χ4v) is 6.09. The maximum absolute atomic E-state index is 2.51. The van der Waals surface area contributed by atoms with Crippen molar-refractivity contribution in [1.29, 1.82) is 0 Å². The molecular weight excluding hydrogens is 350 g/mol. The molecule has 2 aliphatic heterocycles. The van der Waals surface area contributed by atoms with E-state index in [2.05, 4.69) is 65.8 Å². The first-order chi connectivity index (χ1) is 13.8. The summed E-state index contributed by atoms with van der Waals surface area (Å²) in [6.07, 6.45) is 6.88. The van der Waals surface area contributed by atoms with Gasteiger partial charge in [-0.05, 0) is 105 Å². The quantitative estimate of drug-likeness (QED) is 0.506. The van der Waals surface area contributed by atoms with Crippen LogP contribution in [0.1, 0.15) is 76.6 Å². The standard InChI is InChI=1S/C28H40N/c1-20-16-26(17-21(2)24(20)5)28(27-18-22(3)25(6)23(4)19-27)10-14-29(15-11-28)12-8-7-9-13-29/h16-19H,7-15H2,1-6H3/q+1. The van der Waals surface area contributed by atoms with Crippen molar-refractivity contribution in [3.8, 4) is 0 Å². The van der Waals surface area contributed by atoms with E-state index in [9.17, 15) is 0 Å². The average Bonchev–Trinajstić information content (AvgIpc) is 2.71. The molecule has 0 radical (unpaired) electrons. The molecule has 1 heteroatoms. The van der Waals surface area contributed by atoms with Gasteiger partial charge in [0.25, 0.3) is 0 Å². The van der Waals surface area contributed by atoms with Crippen LogP contribution in [-0.2, 0) is 5.41 Å². The highest BCUT2D eigenvalue weighted by Crippen LogP contribution is 2.46. The van der Waals surface area contributed by atoms with Crippen molar-refractivity contribution < 1.29 is 4.48 Å². The number of aryl methyl sites for hydroxylation is 4. The number of hydrogen-bond acceptors (Lipinski definition) is 0. The normalized spacial score (nSPS) is 20.8. The number of piperidine rings is 2. The fraction of sp³-hybridized carbons (Fsp3) is 0.571. The largest absolute Gasteiger partial charge is 0.324 e. The maximum Gasteiger partial charge on any atom is 0.0798 e. The van der Waals surface area contributed by atoms with Gasteiger partial charge < -0.3 is 4.48 Å². The lowest BCUT2D eigenvalue weighted by molar-refractivity contribution is -0.937. The molecule has 2 fully saturated rings. The van der Waals surface area contributed by atoms with E-state index in [0.29, 0.717) is 0 Å². The van der Waals surface area contributed by atoms with Gasteiger partial charge in [0.05, 0.1) is 26.2 Å². The molecule has 0 bridgehead atoms. The Bertz CT molecular complexity index is 798. The second-order valence-corrected chi connectivity index (χ2v) is 10.3. The highest BCUT2D eigenvalue weighted by atomic mass is 15.4. The van der Waals surface area contributed by atoms with E-state index in [1.807, 2.05) is 0 Å². The Morgan fingerprint density at radius 2 is 0.931 bits per heavy atom. The summed E-state index contributed by atoms with van der Waals surface area (Å²) in [6.45, 7) is 19.3. The predicted molar refractivity (Wildman–Crippen MR) is 125 cm³/mol. The van der Waals surface area contributed by atoms with E-state index in [1.54, 1.807) is 11.1 Å². The zero-order chi connectivity index (χ0) is 20.8. The molecule has 2 heterocycles. The Labute approximate surface area is 178 Å². The van der Waals surface area contributed by atoms with E-state index in [4.69, 9.17) is 0 Å². The predicted octanol–water partition coefficient (Wildman–Crippen LogP) is 6.62. The monoisotopic (exact) mass is 390 g/mol. The molecule has 2 aromatic carbocycles. The molecule has 0 saturated carbocycles. The Kier molecular flexibility index (Phi) is 5.40. The van der Waals surface area contributed by atoms with Crippen molar-refractivity contribution in [2.75, 3.05) is 26.2 Å². The van der Waals surface area contributed by atoms with Crippen LogP contribution >= 0.6 is 0 Å². The van der Waals surface area contributed by atoms with Gasteiger partial charge in [-0.15, -0.1) is 0 Å². The van der Waals surface area contributed by atoms with Gasteiger partial charge in [0.2, 0.25) is 0 Å². The lowest BCUT2D eigenvalue weighted by Gasteiger charge is -2.51. The highest BCUT2D eigenvalue weighted by Gasteiger charge is 2.45. The Balaban J connectivity index is 1.82. The summed E-state index contributed by atoms with van der Waals surface area (Å²) in [5.41, 5.74) is 12.0. The Morgan fingerprint density at radius 1 is 0.552 bits per heavy atom. The molecule has 2 aromatic rings. The first-order valence-electron chi connectivity index (χ1n) is 11.8. The van der Waals surface area contributed by atoms with Crippen LogP contribution in [0.4, 0.5) is 0 Å². The number of quaternary nitrogens is 1. The van der Waals surface area contributed by atoms with Gasteiger partial charge in [0, 0.05) is 18.3 Å². The summed E-state index contributed by atoms with van der Waals surface area (Å²) in [5, 5.41) is 0. The molecule has 0 atom stereocenters. The molecule has 0 unspecified atom stereocenters. The molecule has 0 aromatic heterocycles. The van der Waals surface area contributed by atoms with E-state index >= 15 is 0 Å². The van der Waals surface area contributed by atoms with Gasteiger partial charge in [0.1, 0.15) is 0 Å². The van der Waals surface area contributed by atoms with Crippen molar-refractivity contribution in [1.82, 2.24) is 0 Å². The highest BCUT2D eigenvalue weighted by molar-refractivity contribution is 5.49. The molecule has 1 spiro atoms. The number of benzene rings is 2. The Morgan fingerprint density at radius 3 is 1.31 bits per heavy atom. The molecule has 29 heavy (non-hydrogen) atoms. The summed E-state index contributed by atoms with van der Waals surface area (Å²) in [7, 11) is 0. The summed E-state index contributed by atoms with van der Waals surface area (Å²) in [6, 6.07) is 10.1. The lowest BCUT2D eigenvalue weighted by Crippen LogP contribution is -2.58. The summed E-state index contributed by atoms with van der Waals surface area (Å²) in [4.78, 5) is 0. The second kappa shape index (κ2) is 7.58. The first-order valence-corrected chi connectivity index (χ1v) is 11.8. The first kappa shape index (κ1) is 20.7. The molecule has 0 N–H and O–H groups in total. The molecule has 4 rings (SSSR count). The maximum atomic E-state index is 2.51. The number of nitrogens with zero attached hydrogens (tertiary/aromatic N) is 1. The van der Waals surface area contributed by atoms with Crippen LogP contribution in [0.3, 0.4) is 0 Å². The lowest BCUT2D eigenvalue weighted by atomic mass is 9.66. The third-order valence-electron chi connectivity index (χ3n) is 8.75. The minimum absolute atomic E-state index is 0.174. The van der Waals surface area contributed by atoms with E-state index in [-0.39, 0.29) is 5.41 Å². The summed E-state index contributed by atoms with van der Waals surface area (Å²) in [5.74, 6) is 0. The molecule has 1 nitrogen and oxygen atoms in total. The molecule has 0 amide bonds. The Hall–Kier alpha value is -1.60. The fourth-order valence-electron chi connectivity index (χ4n) is 6.09. The van der Waals surface area contributed by atoms with Crippen LogP contribution in [0, 0.1) is 41.5 Å². The van der Waals surface area contributed by atoms with Crippen molar-refractivity contribution >= 4 is 0 Å². The van der Waals surface area contributed by atoms with Crippen LogP contribution < -0.4 is 0 Å². The third kappa shape index (κ3) is 3.56. The van der Waals surface area contributed by atoms with Gasteiger partial charge in [-0.1, -0.05) is 24.3 Å².